The van der Waals surface area contributed by atoms with Gasteiger partial charge in [-0.05, 0) is 58.5 Å². The number of nitrogens with zero attached hydrogens (tertiary/aromatic N) is 6. The number of hydrogen-bond donors (Lipinski definition) is 0. The molecule has 4 aromatic rings. The lowest BCUT2D eigenvalue weighted by Crippen LogP contribution is -2.48. The average Bonchev–Trinajstić information content (AvgIpc) is 3.35. The van der Waals surface area contributed by atoms with Crippen molar-refractivity contribution in [2.45, 2.75) is 12.6 Å². The topological polar surface area (TPSA) is 59.3 Å². The zero-order chi connectivity index (χ0) is 24.2. The molecule has 7 nitrogen and oxygen atoms in total. The summed E-state index contributed by atoms with van der Waals surface area (Å²) in [6.45, 7) is 3.32. The van der Waals surface area contributed by atoms with E-state index in [4.69, 9.17) is 4.74 Å². The molecule has 3 aromatic carbocycles. The second-order valence-corrected chi connectivity index (χ2v) is 8.47. The first-order valence-corrected chi connectivity index (χ1v) is 11.5. The Bertz CT molecular complexity index is 1250. The van der Waals surface area contributed by atoms with Gasteiger partial charge in [0, 0.05) is 37.4 Å². The van der Waals surface area contributed by atoms with Gasteiger partial charge in [-0.3, -0.25) is 4.90 Å². The molecule has 0 spiro atoms. The zero-order valence-corrected chi connectivity index (χ0v) is 19.4. The summed E-state index contributed by atoms with van der Waals surface area (Å²) in [6.07, 6.45) is 0. The molecule has 9 heteroatoms. The molecule has 1 saturated heterocycles. The highest BCUT2D eigenvalue weighted by Crippen LogP contribution is 2.31. The van der Waals surface area contributed by atoms with Crippen LogP contribution in [0, 0.1) is 11.6 Å². The summed E-state index contributed by atoms with van der Waals surface area (Å²) in [7, 11) is 1.65. The van der Waals surface area contributed by atoms with Crippen LogP contribution in [-0.2, 0) is 6.54 Å². The normalized spacial score (nSPS) is 15.2. The maximum atomic E-state index is 15.0. The van der Waals surface area contributed by atoms with Gasteiger partial charge in [0.15, 0.2) is 5.82 Å². The van der Waals surface area contributed by atoms with Gasteiger partial charge in [0.25, 0.3) is 0 Å². The number of methoxy groups -OCH3 is 1. The van der Waals surface area contributed by atoms with Gasteiger partial charge in [0.05, 0.1) is 13.7 Å². The van der Waals surface area contributed by atoms with Crippen molar-refractivity contribution in [3.05, 3.63) is 101 Å². The van der Waals surface area contributed by atoms with E-state index in [-0.39, 0.29) is 11.6 Å². The van der Waals surface area contributed by atoms with Crippen molar-refractivity contribution < 1.29 is 13.5 Å². The Kier molecular flexibility index (Phi) is 6.67. The van der Waals surface area contributed by atoms with Crippen LogP contribution in [0.5, 0.6) is 5.75 Å². The van der Waals surface area contributed by atoms with E-state index in [0.29, 0.717) is 31.0 Å². The number of piperazine rings is 1. The molecule has 0 saturated carbocycles. The van der Waals surface area contributed by atoms with Crippen molar-refractivity contribution in [2.24, 2.45) is 0 Å². The largest absolute Gasteiger partial charge is 0.497 e. The molecular formula is C26H26F2N6O. The summed E-state index contributed by atoms with van der Waals surface area (Å²) >= 11 is 0. The van der Waals surface area contributed by atoms with Crippen LogP contribution >= 0.6 is 0 Å². The molecule has 180 valence electrons. The number of aromatic nitrogens is 4. The Morgan fingerprint density at radius 3 is 2.29 bits per heavy atom. The molecule has 0 bridgehead atoms. The number of halogens is 2. The van der Waals surface area contributed by atoms with Crippen LogP contribution in [0.15, 0.2) is 72.8 Å². The fourth-order valence-corrected chi connectivity index (χ4v) is 4.51. The van der Waals surface area contributed by atoms with Crippen LogP contribution < -0.4 is 9.64 Å². The number of rotatable bonds is 7. The SMILES string of the molecule is COc1ccc(N2CCN([C@H](c3ccccc3F)c3nnnn3Cc3ccc(F)cc3)CC2)cc1. The first-order valence-electron chi connectivity index (χ1n) is 11.5. The maximum Gasteiger partial charge on any atom is 0.173 e. The maximum absolute atomic E-state index is 15.0. The molecule has 5 rings (SSSR count). The van der Waals surface area contributed by atoms with Crippen molar-refractivity contribution in [1.29, 1.82) is 0 Å². The van der Waals surface area contributed by atoms with E-state index in [1.807, 2.05) is 30.3 Å². The molecule has 0 radical (unpaired) electrons. The van der Waals surface area contributed by atoms with Crippen LogP contribution in [0.3, 0.4) is 0 Å². The molecule has 1 aliphatic heterocycles. The average molecular weight is 477 g/mol. The lowest BCUT2D eigenvalue weighted by atomic mass is 10.0. The fraction of sp³-hybridized carbons (Fsp3) is 0.269. The zero-order valence-electron chi connectivity index (χ0n) is 19.4. The number of ether oxygens (including phenoxy) is 1. The minimum absolute atomic E-state index is 0.300. The molecule has 0 unspecified atom stereocenters. The van der Waals surface area contributed by atoms with Crippen LogP contribution in [-0.4, -0.2) is 58.4 Å². The number of hydrogen-bond acceptors (Lipinski definition) is 6. The molecule has 0 N–H and O–H groups in total. The van der Waals surface area contributed by atoms with E-state index in [0.717, 1.165) is 30.1 Å². The van der Waals surface area contributed by atoms with E-state index in [9.17, 15) is 4.39 Å². The summed E-state index contributed by atoms with van der Waals surface area (Å²) in [5.74, 6) is 0.772. The monoisotopic (exact) mass is 476 g/mol. The summed E-state index contributed by atoms with van der Waals surface area (Å²) in [5.41, 5.74) is 2.51. The number of tetrazole rings is 1. The fourth-order valence-electron chi connectivity index (χ4n) is 4.51. The molecular weight excluding hydrogens is 450 g/mol. The van der Waals surface area contributed by atoms with Crippen molar-refractivity contribution in [2.75, 3.05) is 38.2 Å². The predicted molar refractivity (Wildman–Crippen MR) is 128 cm³/mol. The third-order valence-electron chi connectivity index (χ3n) is 6.37. The van der Waals surface area contributed by atoms with Crippen LogP contribution in [0.1, 0.15) is 23.0 Å². The Morgan fingerprint density at radius 1 is 0.886 bits per heavy atom. The van der Waals surface area contributed by atoms with E-state index >= 15 is 4.39 Å². The van der Waals surface area contributed by atoms with Gasteiger partial charge >= 0.3 is 0 Å². The third kappa shape index (κ3) is 5.00. The van der Waals surface area contributed by atoms with E-state index in [1.165, 1.54) is 18.2 Å². The van der Waals surface area contributed by atoms with Gasteiger partial charge in [-0.2, -0.15) is 0 Å². The van der Waals surface area contributed by atoms with Gasteiger partial charge in [-0.1, -0.05) is 30.3 Å². The molecule has 2 heterocycles. The van der Waals surface area contributed by atoms with Crippen molar-refractivity contribution in [1.82, 2.24) is 25.1 Å². The molecule has 0 amide bonds. The van der Waals surface area contributed by atoms with E-state index in [2.05, 4.69) is 25.3 Å². The lowest BCUT2D eigenvalue weighted by Gasteiger charge is -2.40. The smallest absolute Gasteiger partial charge is 0.173 e. The van der Waals surface area contributed by atoms with Gasteiger partial charge in [-0.15, -0.1) is 5.10 Å². The first-order chi connectivity index (χ1) is 17.1. The highest BCUT2D eigenvalue weighted by Gasteiger charge is 2.32. The second-order valence-electron chi connectivity index (χ2n) is 8.47. The highest BCUT2D eigenvalue weighted by molar-refractivity contribution is 5.49. The van der Waals surface area contributed by atoms with Crippen molar-refractivity contribution in [3.8, 4) is 5.75 Å². The van der Waals surface area contributed by atoms with Crippen LogP contribution in [0.25, 0.3) is 0 Å². The van der Waals surface area contributed by atoms with Crippen molar-refractivity contribution >= 4 is 5.69 Å². The molecule has 1 aliphatic rings. The standard InChI is InChI=1S/C26H26F2N6O/c1-35-22-12-10-21(11-13-22)32-14-16-33(17-15-32)25(23-4-2-3-5-24(23)28)26-29-30-31-34(26)18-19-6-8-20(27)9-7-19/h2-13,25H,14-18H2,1H3/t25-/m1/s1. The molecule has 1 aromatic heterocycles. The Labute approximate surface area is 202 Å². The first kappa shape index (κ1) is 22.9. The summed E-state index contributed by atoms with van der Waals surface area (Å²) in [4.78, 5) is 4.52. The number of benzene rings is 3. The number of anilines is 1. The quantitative estimate of drug-likeness (QED) is 0.403. The highest BCUT2D eigenvalue weighted by atomic mass is 19.1. The summed E-state index contributed by atoms with van der Waals surface area (Å²) in [5, 5.41) is 12.4. The Hall–Kier alpha value is -3.85. The molecule has 0 aliphatic carbocycles. The van der Waals surface area contributed by atoms with Crippen LogP contribution in [0.2, 0.25) is 0 Å². The van der Waals surface area contributed by atoms with Crippen molar-refractivity contribution in [3.63, 3.8) is 0 Å². The molecule has 1 atom stereocenters. The minimum atomic E-state index is -0.454. The summed E-state index contributed by atoms with van der Waals surface area (Å²) < 4.78 is 35.3. The van der Waals surface area contributed by atoms with Gasteiger partial charge in [-0.25, -0.2) is 13.5 Å². The van der Waals surface area contributed by atoms with Gasteiger partial charge < -0.3 is 9.64 Å². The van der Waals surface area contributed by atoms with Gasteiger partial charge in [0.2, 0.25) is 0 Å². The van der Waals surface area contributed by atoms with Gasteiger partial charge in [0.1, 0.15) is 23.4 Å². The molecule has 35 heavy (non-hydrogen) atoms. The Morgan fingerprint density at radius 2 is 1.60 bits per heavy atom. The van der Waals surface area contributed by atoms with E-state index in [1.54, 1.807) is 36.1 Å². The molecule has 1 fully saturated rings. The second kappa shape index (κ2) is 10.2. The minimum Gasteiger partial charge on any atom is -0.497 e. The van der Waals surface area contributed by atoms with E-state index < -0.39 is 6.04 Å². The third-order valence-corrected chi connectivity index (χ3v) is 6.37. The Balaban J connectivity index is 1.41. The lowest BCUT2D eigenvalue weighted by molar-refractivity contribution is 0.198. The van der Waals surface area contributed by atoms with Crippen LogP contribution in [0.4, 0.5) is 14.5 Å². The predicted octanol–water partition coefficient (Wildman–Crippen LogP) is 3.92. The summed E-state index contributed by atoms with van der Waals surface area (Å²) in [6, 6.07) is 20.5.